The highest BCUT2D eigenvalue weighted by Crippen LogP contribution is 2.37. The second-order valence-electron chi connectivity index (χ2n) is 16.1. The van der Waals surface area contributed by atoms with Gasteiger partial charge in [-0.05, 0) is 121 Å². The summed E-state index contributed by atoms with van der Waals surface area (Å²) in [7, 11) is 0. The molecule has 0 N–H and O–H groups in total. The van der Waals surface area contributed by atoms with Crippen molar-refractivity contribution in [2.24, 2.45) is 0 Å². The number of pyridine rings is 1. The number of nitrogens with zero attached hydrogens (tertiary/aromatic N) is 5. The van der Waals surface area contributed by atoms with Gasteiger partial charge in [0.25, 0.3) is 6.43 Å². The Hall–Kier alpha value is -5.91. The van der Waals surface area contributed by atoms with E-state index in [2.05, 4.69) is 26.0 Å². The van der Waals surface area contributed by atoms with E-state index in [4.69, 9.17) is 23.7 Å². The molecule has 0 fully saturated rings. The normalized spacial score (nSPS) is 12.1. The fraction of sp³-hybridized carbons (Fsp3) is 0.366. The van der Waals surface area contributed by atoms with Crippen molar-refractivity contribution in [3.63, 3.8) is 0 Å². The fourth-order valence-corrected chi connectivity index (χ4v) is 5.92. The van der Waals surface area contributed by atoms with Crippen LogP contribution < -0.4 is 14.4 Å². The predicted octanol–water partition coefficient (Wildman–Crippen LogP) is 10.6. The third-order valence-electron chi connectivity index (χ3n) is 7.72. The highest BCUT2D eigenvalue weighted by molar-refractivity contribution is 9.10. The minimum atomic E-state index is -2.79. The third-order valence-corrected chi connectivity index (χ3v) is 8.34. The predicted molar refractivity (Wildman–Crippen MR) is 214 cm³/mol. The van der Waals surface area contributed by atoms with E-state index in [-0.39, 0.29) is 44.1 Å². The first-order valence-corrected chi connectivity index (χ1v) is 18.9. The van der Waals surface area contributed by atoms with Crippen LogP contribution in [0.3, 0.4) is 0 Å². The molecule has 3 heterocycles. The molecule has 2 aromatic carbocycles. The Morgan fingerprint density at radius 1 is 0.831 bits per heavy atom. The number of carbonyl (C=O) groups is 4. The lowest BCUT2D eigenvalue weighted by atomic mass is 10.1. The molecule has 314 valence electrons. The molecule has 0 bridgehead atoms. The summed E-state index contributed by atoms with van der Waals surface area (Å²) >= 11 is 3.30. The molecular weight excluding hydrogens is 843 g/mol. The molecule has 5 rings (SSSR count). The van der Waals surface area contributed by atoms with Crippen LogP contribution in [0.5, 0.6) is 17.4 Å². The monoisotopic (exact) mass is 885 g/mol. The number of halogens is 4. The number of fused-ring (bicyclic) bond motifs is 1. The van der Waals surface area contributed by atoms with Crippen LogP contribution in [-0.2, 0) is 14.2 Å². The zero-order valence-electron chi connectivity index (χ0n) is 34.0. The summed E-state index contributed by atoms with van der Waals surface area (Å²) in [5.41, 5.74) is -3.44. The van der Waals surface area contributed by atoms with Gasteiger partial charge in [-0.25, -0.2) is 41.8 Å². The molecule has 2 amide bonds. The van der Waals surface area contributed by atoms with E-state index >= 15 is 4.79 Å². The third kappa shape index (κ3) is 10.6. The van der Waals surface area contributed by atoms with Gasteiger partial charge < -0.3 is 23.7 Å². The molecular formula is C41H43BrF3N5O9. The van der Waals surface area contributed by atoms with Crippen LogP contribution in [0.15, 0.2) is 65.4 Å². The summed E-state index contributed by atoms with van der Waals surface area (Å²) in [6, 6.07) is 11.2. The lowest BCUT2D eigenvalue weighted by Gasteiger charge is -2.29. The number of amides is 2. The maximum Gasteiger partial charge on any atom is 0.425 e. The van der Waals surface area contributed by atoms with Gasteiger partial charge in [-0.2, -0.15) is 10.00 Å². The molecule has 0 saturated heterocycles. The molecule has 0 aliphatic carbocycles. The standard InChI is InChI=1S/C41H43BrF3N5O9/c1-22-15-33(56-30-14-12-11-13-26(30)43)46-20-29(22)50-35(49(37(53)58-40(5,6)7)38(54)59-41(8,9)10)24(19-47-50)34(51)28-16-23-17-31(55-21-32(44)45)25(42)18-27(23)48(28)36(52)57-39(2,3)4/h11-20,32H,21H2,1-10H3. The molecule has 3 aromatic heterocycles. The summed E-state index contributed by atoms with van der Waals surface area (Å²) in [5, 5.41) is 4.64. The number of para-hydroxylation sites is 1. The number of ether oxygens (including phenoxy) is 5. The zero-order valence-corrected chi connectivity index (χ0v) is 35.6. The molecule has 0 radical (unpaired) electrons. The Morgan fingerprint density at radius 3 is 2.00 bits per heavy atom. The summed E-state index contributed by atoms with van der Waals surface area (Å²) in [6.07, 6.45) is -3.92. The number of hydrogen-bond donors (Lipinski definition) is 0. The van der Waals surface area contributed by atoms with Crippen molar-refractivity contribution in [2.75, 3.05) is 11.5 Å². The quantitative estimate of drug-likeness (QED) is 0.103. The van der Waals surface area contributed by atoms with Crippen LogP contribution in [0.25, 0.3) is 16.6 Å². The van der Waals surface area contributed by atoms with Gasteiger partial charge in [0.2, 0.25) is 11.7 Å². The molecule has 0 aliphatic rings. The first kappa shape index (κ1) is 44.2. The minimum absolute atomic E-state index is 0.00178. The maximum absolute atomic E-state index is 15.0. The van der Waals surface area contributed by atoms with Crippen LogP contribution in [0.4, 0.5) is 33.4 Å². The van der Waals surface area contributed by atoms with Crippen molar-refractivity contribution < 1.29 is 56.0 Å². The number of imide groups is 1. The first-order valence-electron chi connectivity index (χ1n) is 18.1. The molecule has 14 nitrogen and oxygen atoms in total. The maximum atomic E-state index is 15.0. The van der Waals surface area contributed by atoms with Crippen molar-refractivity contribution in [2.45, 2.75) is 92.5 Å². The summed E-state index contributed by atoms with van der Waals surface area (Å²) in [5.74, 6) is -2.15. The summed E-state index contributed by atoms with van der Waals surface area (Å²) < 4.78 is 70.8. The Morgan fingerprint density at radius 2 is 1.44 bits per heavy atom. The molecule has 0 unspecified atom stereocenters. The molecule has 0 spiro atoms. The van der Waals surface area contributed by atoms with Gasteiger partial charge in [-0.3, -0.25) is 4.79 Å². The average Bonchev–Trinajstić information content (AvgIpc) is 3.67. The van der Waals surface area contributed by atoms with Crippen LogP contribution in [-0.4, -0.2) is 73.2 Å². The number of benzene rings is 2. The van der Waals surface area contributed by atoms with Gasteiger partial charge >= 0.3 is 18.3 Å². The number of ketones is 1. The topological polar surface area (TPSA) is 153 Å². The molecule has 0 saturated carbocycles. The van der Waals surface area contributed by atoms with Gasteiger partial charge in [-0.1, -0.05) is 12.1 Å². The van der Waals surface area contributed by atoms with Gasteiger partial charge in [0.15, 0.2) is 17.4 Å². The Kier molecular flexibility index (Phi) is 12.5. The fourth-order valence-electron chi connectivity index (χ4n) is 5.48. The van der Waals surface area contributed by atoms with Crippen LogP contribution in [0.2, 0.25) is 0 Å². The lowest BCUT2D eigenvalue weighted by molar-refractivity contribution is 0.0425. The van der Waals surface area contributed by atoms with Gasteiger partial charge in [0, 0.05) is 11.5 Å². The van der Waals surface area contributed by atoms with Gasteiger partial charge in [0.05, 0.1) is 33.6 Å². The van der Waals surface area contributed by atoms with E-state index in [9.17, 15) is 27.6 Å². The second kappa shape index (κ2) is 16.8. The van der Waals surface area contributed by atoms with Crippen LogP contribution in [0.1, 0.15) is 83.9 Å². The van der Waals surface area contributed by atoms with Crippen LogP contribution in [0, 0.1) is 12.7 Å². The van der Waals surface area contributed by atoms with Crippen molar-refractivity contribution >= 4 is 56.7 Å². The van der Waals surface area contributed by atoms with Gasteiger partial charge in [-0.15, -0.1) is 0 Å². The zero-order chi connectivity index (χ0) is 43.8. The SMILES string of the molecule is Cc1cc(Oc2ccccc2F)ncc1-n1ncc(C(=O)c2cc3cc(OCC(F)F)c(Br)cc3n2C(=O)OC(C)(C)C)c1N(C(=O)OC(C)(C)C)C(=O)OC(C)(C)C. The largest absolute Gasteiger partial charge is 0.486 e. The van der Waals surface area contributed by atoms with E-state index < -0.39 is 71.1 Å². The van der Waals surface area contributed by atoms with Gasteiger partial charge in [0.1, 0.15) is 34.9 Å². The number of carbonyl (C=O) groups excluding carboxylic acids is 4. The Bertz CT molecular complexity index is 2400. The highest BCUT2D eigenvalue weighted by Gasteiger charge is 2.40. The van der Waals surface area contributed by atoms with Crippen molar-refractivity contribution in [1.82, 2.24) is 19.3 Å². The minimum Gasteiger partial charge on any atom is -0.486 e. The number of hydrogen-bond acceptors (Lipinski definition) is 11. The van der Waals surface area contributed by atoms with Crippen molar-refractivity contribution in [1.29, 1.82) is 0 Å². The summed E-state index contributed by atoms with van der Waals surface area (Å²) in [4.78, 5) is 62.0. The molecule has 0 atom stereocenters. The highest BCUT2D eigenvalue weighted by atomic mass is 79.9. The molecule has 5 aromatic rings. The molecule has 59 heavy (non-hydrogen) atoms. The number of rotatable bonds is 9. The van der Waals surface area contributed by atoms with E-state index in [0.717, 1.165) is 15.4 Å². The first-order chi connectivity index (χ1) is 27.3. The van der Waals surface area contributed by atoms with E-state index in [1.54, 1.807) is 75.3 Å². The van der Waals surface area contributed by atoms with Crippen LogP contribution >= 0.6 is 15.9 Å². The van der Waals surface area contributed by atoms with E-state index in [1.165, 1.54) is 48.7 Å². The molecule has 18 heteroatoms. The van der Waals surface area contributed by atoms with E-state index in [0.29, 0.717) is 10.5 Å². The van der Waals surface area contributed by atoms with Crippen molar-refractivity contribution in [3.05, 3.63) is 88.0 Å². The summed E-state index contributed by atoms with van der Waals surface area (Å²) in [6.45, 7) is 15.0. The number of aryl methyl sites for hydroxylation is 1. The number of alkyl halides is 2. The average molecular weight is 887 g/mol. The van der Waals surface area contributed by atoms with E-state index in [1.807, 2.05) is 0 Å². The second-order valence-corrected chi connectivity index (χ2v) is 17.0. The smallest absolute Gasteiger partial charge is 0.425 e. The lowest BCUT2D eigenvalue weighted by Crippen LogP contribution is -2.45. The van der Waals surface area contributed by atoms with Crippen molar-refractivity contribution in [3.8, 4) is 23.1 Å². The number of aromatic nitrogens is 4. The Balaban J connectivity index is 1.78. The molecule has 0 aliphatic heterocycles. The number of anilines is 1. The Labute approximate surface area is 346 Å².